The molecule has 0 saturated carbocycles. The molecular formula is C22H20N2O5. The zero-order valence-electron chi connectivity index (χ0n) is 16.1. The van der Waals surface area contributed by atoms with Crippen LogP contribution in [0.2, 0.25) is 0 Å². The quantitative estimate of drug-likeness (QED) is 0.458. The summed E-state index contributed by atoms with van der Waals surface area (Å²) in [5, 5.41) is 12.0. The summed E-state index contributed by atoms with van der Waals surface area (Å²) in [6.07, 6.45) is 1.37. The molecule has 2 aromatic rings. The minimum Gasteiger partial charge on any atom is -0.454 e. The maximum absolute atomic E-state index is 12.2. The first-order valence-electron chi connectivity index (χ1n) is 9.05. The zero-order valence-corrected chi connectivity index (χ0v) is 16.1. The van der Waals surface area contributed by atoms with Crippen molar-refractivity contribution < 1.29 is 23.8 Å². The number of nitrogens with zero attached hydrogens (tertiary/aromatic N) is 1. The standard InChI is InChI=1S/C22H20N2O5/c1-14(2)17-5-3-4-6-18(17)24-21(25)12-27-22(26)16(11-23)9-15-7-8-19-20(10-15)29-13-28-19/h3-10,14H,12-13H2,1-2H3,(H,24,25)/b16-9-. The summed E-state index contributed by atoms with van der Waals surface area (Å²) in [6.45, 7) is 3.67. The van der Waals surface area contributed by atoms with Gasteiger partial charge in [-0.2, -0.15) is 5.26 Å². The Bertz CT molecular complexity index is 1000. The fraction of sp³-hybridized carbons (Fsp3) is 0.227. The predicted octanol–water partition coefficient (Wildman–Crippen LogP) is 3.63. The van der Waals surface area contributed by atoms with Crippen LogP contribution in [-0.2, 0) is 14.3 Å². The van der Waals surface area contributed by atoms with Crippen LogP contribution in [0.15, 0.2) is 48.0 Å². The molecule has 1 N–H and O–H groups in total. The Labute approximate surface area is 168 Å². The van der Waals surface area contributed by atoms with Crippen LogP contribution in [0.5, 0.6) is 11.5 Å². The predicted molar refractivity (Wildman–Crippen MR) is 106 cm³/mol. The number of nitrogens with one attached hydrogen (secondary N) is 1. The van der Waals surface area contributed by atoms with Gasteiger partial charge < -0.3 is 19.5 Å². The summed E-state index contributed by atoms with van der Waals surface area (Å²) in [7, 11) is 0. The molecule has 0 spiro atoms. The summed E-state index contributed by atoms with van der Waals surface area (Å²) in [6, 6.07) is 14.3. The van der Waals surface area contributed by atoms with Gasteiger partial charge in [0, 0.05) is 5.69 Å². The fourth-order valence-electron chi connectivity index (χ4n) is 2.82. The molecule has 148 valence electrons. The zero-order chi connectivity index (χ0) is 20.8. The molecule has 0 atom stereocenters. The Kier molecular flexibility index (Phi) is 6.15. The van der Waals surface area contributed by atoms with Gasteiger partial charge in [0.1, 0.15) is 11.6 Å². The number of benzene rings is 2. The monoisotopic (exact) mass is 392 g/mol. The van der Waals surface area contributed by atoms with Crippen molar-refractivity contribution in [2.75, 3.05) is 18.7 Å². The van der Waals surface area contributed by atoms with Crippen LogP contribution in [0.4, 0.5) is 5.69 Å². The number of anilines is 1. The normalized spacial score (nSPS) is 12.4. The third-order valence-corrected chi connectivity index (χ3v) is 4.24. The highest BCUT2D eigenvalue weighted by Gasteiger charge is 2.17. The minimum atomic E-state index is -0.877. The number of hydrogen-bond acceptors (Lipinski definition) is 6. The van der Waals surface area contributed by atoms with Gasteiger partial charge in [-0.05, 0) is 41.3 Å². The van der Waals surface area contributed by atoms with Crippen LogP contribution in [0.25, 0.3) is 6.08 Å². The van der Waals surface area contributed by atoms with Crippen LogP contribution < -0.4 is 14.8 Å². The number of nitriles is 1. The Hall–Kier alpha value is -3.79. The van der Waals surface area contributed by atoms with E-state index in [9.17, 15) is 14.9 Å². The van der Waals surface area contributed by atoms with Gasteiger partial charge in [0.25, 0.3) is 5.91 Å². The number of rotatable bonds is 6. The number of carbonyl (C=O) groups is 2. The lowest BCUT2D eigenvalue weighted by atomic mass is 10.0. The molecule has 1 amide bonds. The van der Waals surface area contributed by atoms with Crippen molar-refractivity contribution in [3.8, 4) is 17.6 Å². The van der Waals surface area contributed by atoms with Gasteiger partial charge >= 0.3 is 5.97 Å². The summed E-state index contributed by atoms with van der Waals surface area (Å²) >= 11 is 0. The van der Waals surface area contributed by atoms with Crippen molar-refractivity contribution in [1.82, 2.24) is 0 Å². The summed E-state index contributed by atoms with van der Waals surface area (Å²) in [5.74, 6) is 0.00217. The number of hydrogen-bond donors (Lipinski definition) is 1. The van der Waals surface area contributed by atoms with Crippen molar-refractivity contribution >= 4 is 23.6 Å². The van der Waals surface area contributed by atoms with E-state index in [0.717, 1.165) is 5.56 Å². The molecule has 0 aliphatic carbocycles. The van der Waals surface area contributed by atoms with Crippen LogP contribution in [-0.4, -0.2) is 25.3 Å². The maximum atomic E-state index is 12.2. The third kappa shape index (κ3) is 4.93. The first kappa shape index (κ1) is 20.0. The molecule has 0 aromatic heterocycles. The van der Waals surface area contributed by atoms with Gasteiger partial charge in [0.2, 0.25) is 6.79 Å². The molecule has 7 nitrogen and oxygen atoms in total. The number of para-hydroxylation sites is 1. The number of ether oxygens (including phenoxy) is 3. The molecule has 1 heterocycles. The molecule has 0 radical (unpaired) electrons. The Morgan fingerprint density at radius 3 is 2.72 bits per heavy atom. The SMILES string of the molecule is CC(C)c1ccccc1NC(=O)COC(=O)/C(C#N)=C\c1ccc2c(c1)OCO2. The second-order valence-electron chi connectivity index (χ2n) is 6.65. The maximum Gasteiger partial charge on any atom is 0.349 e. The highest BCUT2D eigenvalue weighted by Crippen LogP contribution is 2.33. The van der Waals surface area contributed by atoms with Crippen molar-refractivity contribution in [2.45, 2.75) is 19.8 Å². The smallest absolute Gasteiger partial charge is 0.349 e. The Morgan fingerprint density at radius 1 is 1.21 bits per heavy atom. The van der Waals surface area contributed by atoms with Crippen molar-refractivity contribution in [1.29, 1.82) is 5.26 Å². The van der Waals surface area contributed by atoms with Gasteiger partial charge in [-0.1, -0.05) is 38.1 Å². The molecule has 1 aliphatic rings. The van der Waals surface area contributed by atoms with E-state index in [-0.39, 0.29) is 18.3 Å². The van der Waals surface area contributed by atoms with Gasteiger partial charge in [-0.3, -0.25) is 4.79 Å². The van der Waals surface area contributed by atoms with Crippen LogP contribution in [0.1, 0.15) is 30.9 Å². The Balaban J connectivity index is 1.62. The fourth-order valence-corrected chi connectivity index (χ4v) is 2.82. The average molecular weight is 392 g/mol. The van der Waals surface area contributed by atoms with E-state index >= 15 is 0 Å². The van der Waals surface area contributed by atoms with Gasteiger partial charge in [-0.25, -0.2) is 4.79 Å². The second-order valence-corrected chi connectivity index (χ2v) is 6.65. The number of amides is 1. The molecule has 3 rings (SSSR count). The lowest BCUT2D eigenvalue weighted by Crippen LogP contribution is -2.22. The summed E-state index contributed by atoms with van der Waals surface area (Å²) in [4.78, 5) is 24.4. The summed E-state index contributed by atoms with van der Waals surface area (Å²) in [5.41, 5.74) is 2.00. The molecule has 0 fully saturated rings. The van der Waals surface area contributed by atoms with Gasteiger partial charge in [0.15, 0.2) is 18.1 Å². The first-order valence-corrected chi connectivity index (χ1v) is 9.05. The van der Waals surface area contributed by atoms with E-state index in [0.29, 0.717) is 22.7 Å². The first-order chi connectivity index (χ1) is 14.0. The molecule has 29 heavy (non-hydrogen) atoms. The van der Waals surface area contributed by atoms with Gasteiger partial charge in [-0.15, -0.1) is 0 Å². The number of esters is 1. The minimum absolute atomic E-state index is 0.130. The van der Waals surface area contributed by atoms with E-state index < -0.39 is 18.5 Å². The summed E-state index contributed by atoms with van der Waals surface area (Å²) < 4.78 is 15.5. The lowest BCUT2D eigenvalue weighted by Gasteiger charge is -2.13. The van der Waals surface area contributed by atoms with Crippen LogP contribution in [0.3, 0.4) is 0 Å². The average Bonchev–Trinajstić information content (AvgIpc) is 3.18. The van der Waals surface area contributed by atoms with Gasteiger partial charge in [0.05, 0.1) is 0 Å². The topological polar surface area (TPSA) is 97.7 Å². The van der Waals surface area contributed by atoms with Crippen LogP contribution in [0, 0.1) is 11.3 Å². The highest BCUT2D eigenvalue weighted by atomic mass is 16.7. The number of fused-ring (bicyclic) bond motifs is 1. The van der Waals surface area contributed by atoms with Crippen molar-refractivity contribution in [2.24, 2.45) is 0 Å². The van der Waals surface area contributed by atoms with E-state index in [1.165, 1.54) is 6.08 Å². The van der Waals surface area contributed by atoms with Crippen molar-refractivity contribution in [3.63, 3.8) is 0 Å². The second kappa shape index (κ2) is 8.93. The molecule has 0 bridgehead atoms. The van der Waals surface area contributed by atoms with E-state index in [1.807, 2.05) is 32.0 Å². The molecule has 7 heteroatoms. The van der Waals surface area contributed by atoms with E-state index in [2.05, 4.69) is 5.32 Å². The van der Waals surface area contributed by atoms with E-state index in [1.54, 1.807) is 30.3 Å². The van der Waals surface area contributed by atoms with Crippen molar-refractivity contribution in [3.05, 3.63) is 59.2 Å². The lowest BCUT2D eigenvalue weighted by molar-refractivity contribution is -0.142. The Morgan fingerprint density at radius 2 is 1.97 bits per heavy atom. The van der Waals surface area contributed by atoms with Crippen LogP contribution >= 0.6 is 0 Å². The molecule has 1 aliphatic heterocycles. The van der Waals surface area contributed by atoms with E-state index in [4.69, 9.17) is 14.2 Å². The molecule has 2 aromatic carbocycles. The largest absolute Gasteiger partial charge is 0.454 e. The third-order valence-electron chi connectivity index (χ3n) is 4.24. The molecular weight excluding hydrogens is 372 g/mol. The molecule has 0 unspecified atom stereocenters. The number of carbonyl (C=O) groups excluding carboxylic acids is 2. The molecule has 0 saturated heterocycles. The highest BCUT2D eigenvalue weighted by molar-refractivity contribution is 6.00.